The van der Waals surface area contributed by atoms with Gasteiger partial charge in [-0.3, -0.25) is 4.79 Å². The van der Waals surface area contributed by atoms with Gasteiger partial charge in [-0.1, -0.05) is 30.3 Å². The Hall–Kier alpha value is -1.84. The Bertz CT molecular complexity index is 398. The molecule has 1 aromatic rings. The number of benzene rings is 1. The van der Waals surface area contributed by atoms with Crippen molar-refractivity contribution in [2.24, 2.45) is 5.92 Å². The van der Waals surface area contributed by atoms with Crippen molar-refractivity contribution in [3.05, 3.63) is 35.9 Å². The summed E-state index contributed by atoms with van der Waals surface area (Å²) < 4.78 is 0. The van der Waals surface area contributed by atoms with E-state index in [1.54, 1.807) is 24.3 Å². The maximum Gasteiger partial charge on any atom is 0.330 e. The standard InChI is InChI=1S/C12H13NO3/c14-11(9-6-7-9)13-10(12(15)16)8-4-2-1-3-5-8/h1-5,9-10H,6-7H2,(H,13,14)(H,15,16)/t10-/m0/s1. The van der Waals surface area contributed by atoms with E-state index in [4.69, 9.17) is 5.11 Å². The van der Waals surface area contributed by atoms with Gasteiger partial charge in [0.1, 0.15) is 0 Å². The number of carboxylic acids is 1. The maximum absolute atomic E-state index is 11.5. The van der Waals surface area contributed by atoms with Crippen molar-refractivity contribution in [3.8, 4) is 0 Å². The number of carbonyl (C=O) groups is 2. The van der Waals surface area contributed by atoms with Gasteiger partial charge in [-0.15, -0.1) is 0 Å². The molecule has 0 saturated heterocycles. The van der Waals surface area contributed by atoms with Crippen LogP contribution in [0.2, 0.25) is 0 Å². The van der Waals surface area contributed by atoms with Crippen LogP contribution in [0.3, 0.4) is 0 Å². The third kappa shape index (κ3) is 2.39. The summed E-state index contributed by atoms with van der Waals surface area (Å²) in [5, 5.41) is 11.6. The van der Waals surface area contributed by atoms with Gasteiger partial charge in [-0.2, -0.15) is 0 Å². The average Bonchev–Trinajstić information content (AvgIpc) is 3.10. The van der Waals surface area contributed by atoms with Gasteiger partial charge in [0, 0.05) is 5.92 Å². The molecule has 16 heavy (non-hydrogen) atoms. The van der Waals surface area contributed by atoms with Gasteiger partial charge in [0.25, 0.3) is 0 Å². The van der Waals surface area contributed by atoms with E-state index in [0.717, 1.165) is 12.8 Å². The van der Waals surface area contributed by atoms with Crippen molar-refractivity contribution in [1.82, 2.24) is 5.32 Å². The second kappa shape index (κ2) is 4.35. The summed E-state index contributed by atoms with van der Waals surface area (Å²) in [7, 11) is 0. The number of nitrogens with one attached hydrogen (secondary N) is 1. The van der Waals surface area contributed by atoms with Gasteiger partial charge in [0.15, 0.2) is 6.04 Å². The molecule has 0 aliphatic heterocycles. The molecule has 2 rings (SSSR count). The second-order valence-electron chi connectivity index (χ2n) is 3.96. The molecule has 0 radical (unpaired) electrons. The Balaban J connectivity index is 2.11. The molecule has 0 aromatic heterocycles. The van der Waals surface area contributed by atoms with Crippen LogP contribution in [0.25, 0.3) is 0 Å². The van der Waals surface area contributed by atoms with Crippen LogP contribution in [0.15, 0.2) is 30.3 Å². The molecule has 1 aliphatic rings. The van der Waals surface area contributed by atoms with Gasteiger partial charge in [0.2, 0.25) is 5.91 Å². The molecule has 0 unspecified atom stereocenters. The number of carbonyl (C=O) groups excluding carboxylic acids is 1. The van der Waals surface area contributed by atoms with E-state index in [1.165, 1.54) is 0 Å². The molecule has 1 aromatic carbocycles. The third-order valence-corrected chi connectivity index (χ3v) is 2.61. The molecule has 0 spiro atoms. The lowest BCUT2D eigenvalue weighted by Gasteiger charge is -2.14. The molecular formula is C12H13NO3. The fraction of sp³-hybridized carbons (Fsp3) is 0.333. The molecule has 2 N–H and O–H groups in total. The number of carboxylic acid groups (broad SMARTS) is 1. The van der Waals surface area contributed by atoms with Crippen LogP contribution in [-0.4, -0.2) is 17.0 Å². The van der Waals surface area contributed by atoms with Crippen LogP contribution >= 0.6 is 0 Å². The quantitative estimate of drug-likeness (QED) is 0.803. The predicted molar refractivity (Wildman–Crippen MR) is 57.7 cm³/mol. The van der Waals surface area contributed by atoms with Gasteiger partial charge in [-0.25, -0.2) is 4.79 Å². The van der Waals surface area contributed by atoms with Gasteiger partial charge in [-0.05, 0) is 18.4 Å². The van der Waals surface area contributed by atoms with Crippen molar-refractivity contribution in [2.45, 2.75) is 18.9 Å². The number of hydrogen-bond acceptors (Lipinski definition) is 2. The SMILES string of the molecule is O=C(N[C@H](C(=O)O)c1ccccc1)C1CC1. The second-order valence-corrected chi connectivity index (χ2v) is 3.96. The highest BCUT2D eigenvalue weighted by atomic mass is 16.4. The zero-order chi connectivity index (χ0) is 11.5. The van der Waals surface area contributed by atoms with Crippen LogP contribution in [-0.2, 0) is 9.59 Å². The topological polar surface area (TPSA) is 66.4 Å². The first-order valence-electron chi connectivity index (χ1n) is 5.26. The van der Waals surface area contributed by atoms with E-state index in [2.05, 4.69) is 5.32 Å². The molecule has 1 atom stereocenters. The van der Waals surface area contributed by atoms with E-state index < -0.39 is 12.0 Å². The molecule has 84 valence electrons. The summed E-state index contributed by atoms with van der Waals surface area (Å²) in [5.41, 5.74) is 0.601. The third-order valence-electron chi connectivity index (χ3n) is 2.61. The largest absolute Gasteiger partial charge is 0.479 e. The fourth-order valence-corrected chi connectivity index (χ4v) is 1.54. The first-order valence-corrected chi connectivity index (χ1v) is 5.26. The van der Waals surface area contributed by atoms with E-state index in [9.17, 15) is 9.59 Å². The summed E-state index contributed by atoms with van der Waals surface area (Å²) in [6.07, 6.45) is 1.74. The van der Waals surface area contributed by atoms with Crippen LogP contribution in [0.4, 0.5) is 0 Å². The highest BCUT2D eigenvalue weighted by Gasteiger charge is 2.32. The maximum atomic E-state index is 11.5. The molecule has 4 nitrogen and oxygen atoms in total. The van der Waals surface area contributed by atoms with Crippen LogP contribution in [0.5, 0.6) is 0 Å². The van der Waals surface area contributed by atoms with Crippen LogP contribution in [0, 0.1) is 5.92 Å². The first kappa shape index (κ1) is 10.7. The van der Waals surface area contributed by atoms with Crippen LogP contribution < -0.4 is 5.32 Å². The van der Waals surface area contributed by atoms with Gasteiger partial charge < -0.3 is 10.4 Å². The minimum Gasteiger partial charge on any atom is -0.479 e. The fourth-order valence-electron chi connectivity index (χ4n) is 1.54. The Kier molecular flexibility index (Phi) is 2.90. The van der Waals surface area contributed by atoms with Crippen molar-refractivity contribution in [2.75, 3.05) is 0 Å². The Labute approximate surface area is 93.3 Å². The molecule has 1 saturated carbocycles. The van der Waals surface area contributed by atoms with E-state index >= 15 is 0 Å². The minimum absolute atomic E-state index is 0.0190. The molecule has 1 amide bonds. The zero-order valence-corrected chi connectivity index (χ0v) is 8.72. The molecule has 1 fully saturated rings. The monoisotopic (exact) mass is 219 g/mol. The number of hydrogen-bond donors (Lipinski definition) is 2. The molecule has 0 heterocycles. The summed E-state index contributed by atoms with van der Waals surface area (Å²) in [6, 6.07) is 7.79. The van der Waals surface area contributed by atoms with Crippen molar-refractivity contribution >= 4 is 11.9 Å². The molecule has 1 aliphatic carbocycles. The number of amides is 1. The van der Waals surface area contributed by atoms with Gasteiger partial charge >= 0.3 is 5.97 Å². The number of rotatable bonds is 4. The molecular weight excluding hydrogens is 206 g/mol. The Morgan fingerprint density at radius 1 is 1.25 bits per heavy atom. The van der Waals surface area contributed by atoms with Crippen LogP contribution in [0.1, 0.15) is 24.4 Å². The Morgan fingerprint density at radius 2 is 1.88 bits per heavy atom. The summed E-state index contributed by atoms with van der Waals surface area (Å²) >= 11 is 0. The van der Waals surface area contributed by atoms with E-state index in [1.807, 2.05) is 6.07 Å². The lowest BCUT2D eigenvalue weighted by molar-refractivity contribution is -0.142. The Morgan fingerprint density at radius 3 is 2.38 bits per heavy atom. The zero-order valence-electron chi connectivity index (χ0n) is 8.72. The molecule has 4 heteroatoms. The lowest BCUT2D eigenvalue weighted by atomic mass is 10.1. The summed E-state index contributed by atoms with van der Waals surface area (Å²) in [4.78, 5) is 22.6. The average molecular weight is 219 g/mol. The summed E-state index contributed by atoms with van der Waals surface area (Å²) in [6.45, 7) is 0. The minimum atomic E-state index is -1.03. The van der Waals surface area contributed by atoms with E-state index in [-0.39, 0.29) is 11.8 Å². The highest BCUT2D eigenvalue weighted by Crippen LogP contribution is 2.29. The lowest BCUT2D eigenvalue weighted by Crippen LogP contribution is -2.34. The smallest absolute Gasteiger partial charge is 0.330 e. The van der Waals surface area contributed by atoms with E-state index in [0.29, 0.717) is 5.56 Å². The van der Waals surface area contributed by atoms with Crippen molar-refractivity contribution in [1.29, 1.82) is 0 Å². The highest BCUT2D eigenvalue weighted by molar-refractivity contribution is 5.87. The molecule has 0 bridgehead atoms. The number of aliphatic carboxylic acids is 1. The first-order chi connectivity index (χ1) is 7.68. The van der Waals surface area contributed by atoms with Crippen molar-refractivity contribution < 1.29 is 14.7 Å². The predicted octanol–water partition coefficient (Wildman–Crippen LogP) is 1.34. The van der Waals surface area contributed by atoms with Crippen molar-refractivity contribution in [3.63, 3.8) is 0 Å². The normalized spacial score (nSPS) is 16.5. The summed E-state index contributed by atoms with van der Waals surface area (Å²) in [5.74, 6) is -1.16. The van der Waals surface area contributed by atoms with Gasteiger partial charge in [0.05, 0.1) is 0 Å².